The molecule has 1 nitrogen and oxygen atoms in total. The van der Waals surface area contributed by atoms with Crippen LogP contribution in [0.2, 0.25) is 0 Å². The van der Waals surface area contributed by atoms with E-state index in [1.165, 1.54) is 5.57 Å². The fourth-order valence-electron chi connectivity index (χ4n) is 0.801. The third-order valence-electron chi connectivity index (χ3n) is 1.48. The zero-order valence-electron chi connectivity index (χ0n) is 10.7. The van der Waals surface area contributed by atoms with E-state index in [2.05, 4.69) is 19.6 Å². The van der Waals surface area contributed by atoms with Crippen LogP contribution in [0.15, 0.2) is 29.9 Å². The fraction of sp³-hybridized carbons (Fsp3) is 0.462. The van der Waals surface area contributed by atoms with Gasteiger partial charge in [0.1, 0.15) is 0 Å². The molecule has 0 fully saturated rings. The van der Waals surface area contributed by atoms with Crippen LogP contribution in [0, 0.1) is 17.4 Å². The molecule has 0 radical (unpaired) electrons. The van der Waals surface area contributed by atoms with Crippen molar-refractivity contribution in [3.05, 3.63) is 36.0 Å². The Morgan fingerprint density at radius 3 is 2.33 bits per heavy atom. The number of rotatable bonds is 4. The summed E-state index contributed by atoms with van der Waals surface area (Å²) in [5.41, 5.74) is 1.58. The summed E-state index contributed by atoms with van der Waals surface area (Å²) < 4.78 is 0. The van der Waals surface area contributed by atoms with Crippen LogP contribution >= 0.6 is 0 Å². The second-order valence-electron chi connectivity index (χ2n) is 2.49. The van der Waals surface area contributed by atoms with Crippen molar-refractivity contribution in [2.45, 2.75) is 40.5 Å². The van der Waals surface area contributed by atoms with Crippen LogP contribution in [0.3, 0.4) is 0 Å². The third kappa shape index (κ3) is 14.5. The molecular formula is C13H20NRb. The molecule has 0 unspecified atom stereocenters. The molecule has 0 aliphatic carbocycles. The topological polar surface area (TPSA) is 23.8 Å². The van der Waals surface area contributed by atoms with Gasteiger partial charge in [0.2, 0.25) is 0 Å². The van der Waals surface area contributed by atoms with Crippen LogP contribution in [0.5, 0.6) is 0 Å². The first-order valence-electron chi connectivity index (χ1n) is 5.08. The van der Waals surface area contributed by atoms with Crippen LogP contribution in [-0.2, 0) is 0 Å². The standard InChI is InChI=1S/C11H14N.C2H6.Rb/c1-4-6-11(5-2)8-7-10(3)9-12;1-2;/h5,8H,3-4,6H2,1-2H3;1-2H3;/q-1;;+1/b11-5-;;. The SMILES string of the molecule is C=C(C#N)[C-]=C/C(=C\C)CCC.CC.[Rb+]. The molecule has 0 heterocycles. The van der Waals surface area contributed by atoms with Crippen molar-refractivity contribution in [1.82, 2.24) is 0 Å². The summed E-state index contributed by atoms with van der Waals surface area (Å²) in [6.45, 7) is 11.6. The average molecular weight is 276 g/mol. The predicted octanol–water partition coefficient (Wildman–Crippen LogP) is 1.20. The number of nitrogens with zero attached hydrogens (tertiary/aromatic N) is 1. The summed E-state index contributed by atoms with van der Waals surface area (Å²) in [5, 5.41) is 8.40. The van der Waals surface area contributed by atoms with Gasteiger partial charge >= 0.3 is 58.2 Å². The molecular weight excluding hydrogens is 256 g/mol. The Kier molecular flexibility index (Phi) is 23.6. The molecule has 0 atom stereocenters. The maximum atomic E-state index is 8.40. The van der Waals surface area contributed by atoms with Crippen molar-refractivity contribution in [2.75, 3.05) is 0 Å². The van der Waals surface area contributed by atoms with Crippen molar-refractivity contribution in [3.63, 3.8) is 0 Å². The Bertz CT molecular complexity index is 244. The monoisotopic (exact) mass is 275 g/mol. The van der Waals surface area contributed by atoms with Crippen LogP contribution in [0.1, 0.15) is 40.5 Å². The first kappa shape index (κ1) is 20.9. The van der Waals surface area contributed by atoms with Gasteiger partial charge < -0.3 is 0 Å². The Morgan fingerprint density at radius 1 is 1.47 bits per heavy atom. The van der Waals surface area contributed by atoms with E-state index in [4.69, 9.17) is 5.26 Å². The molecule has 0 spiro atoms. The van der Waals surface area contributed by atoms with Crippen LogP contribution in [-0.4, -0.2) is 0 Å². The van der Waals surface area contributed by atoms with Gasteiger partial charge in [-0.15, -0.1) is 23.8 Å². The summed E-state index contributed by atoms with van der Waals surface area (Å²) in [6, 6.07) is 1.92. The van der Waals surface area contributed by atoms with Crippen LogP contribution < -0.4 is 58.2 Å². The molecule has 0 saturated heterocycles. The largest absolute Gasteiger partial charge is 1.00 e. The molecule has 2 heteroatoms. The first-order valence-corrected chi connectivity index (χ1v) is 5.08. The summed E-state index contributed by atoms with van der Waals surface area (Å²) in [4.78, 5) is 0. The van der Waals surface area contributed by atoms with Gasteiger partial charge in [0, 0.05) is 0 Å². The third-order valence-corrected chi connectivity index (χ3v) is 1.48. The van der Waals surface area contributed by atoms with Gasteiger partial charge in [-0.05, 0) is 6.07 Å². The van der Waals surface area contributed by atoms with Crippen molar-refractivity contribution >= 4 is 0 Å². The normalized spacial score (nSPS) is 9.67. The van der Waals surface area contributed by atoms with E-state index in [0.717, 1.165) is 12.8 Å². The molecule has 0 rings (SSSR count). The van der Waals surface area contributed by atoms with Gasteiger partial charge in [-0.25, -0.2) is 0 Å². The zero-order chi connectivity index (χ0) is 11.4. The van der Waals surface area contributed by atoms with Crippen molar-refractivity contribution in [1.29, 1.82) is 5.26 Å². The Labute approximate surface area is 144 Å². The second kappa shape index (κ2) is 16.9. The van der Waals surface area contributed by atoms with Gasteiger partial charge in [-0.2, -0.15) is 6.58 Å². The molecule has 0 aromatic heterocycles. The van der Waals surface area contributed by atoms with E-state index >= 15 is 0 Å². The quantitative estimate of drug-likeness (QED) is 0.430. The molecule has 0 N–H and O–H groups in total. The zero-order valence-corrected chi connectivity index (χ0v) is 15.6. The number of allylic oxidation sites excluding steroid dienone is 5. The van der Waals surface area contributed by atoms with Crippen molar-refractivity contribution in [2.24, 2.45) is 0 Å². The molecule has 0 amide bonds. The Balaban J connectivity index is -0.000000449. The van der Waals surface area contributed by atoms with Gasteiger partial charge in [-0.1, -0.05) is 46.1 Å². The van der Waals surface area contributed by atoms with E-state index in [1.807, 2.05) is 39.0 Å². The van der Waals surface area contributed by atoms with Gasteiger partial charge in [-0.3, -0.25) is 5.26 Å². The Hall–Kier alpha value is 0.515. The number of nitriles is 1. The predicted molar refractivity (Wildman–Crippen MR) is 62.6 cm³/mol. The summed E-state index contributed by atoms with van der Waals surface area (Å²) in [5.74, 6) is 0. The van der Waals surface area contributed by atoms with Gasteiger partial charge in [0.15, 0.2) is 0 Å². The minimum atomic E-state index is 0. The maximum absolute atomic E-state index is 8.40. The molecule has 0 aromatic carbocycles. The van der Waals surface area contributed by atoms with Crippen LogP contribution in [0.4, 0.5) is 0 Å². The second-order valence-corrected chi connectivity index (χ2v) is 2.49. The number of hydrogen-bond donors (Lipinski definition) is 0. The summed E-state index contributed by atoms with van der Waals surface area (Å²) >= 11 is 0. The minimum Gasteiger partial charge on any atom is -0.262 e. The van der Waals surface area contributed by atoms with E-state index in [-0.39, 0.29) is 58.2 Å². The molecule has 0 aliphatic heterocycles. The summed E-state index contributed by atoms with van der Waals surface area (Å²) in [6.07, 6.45) is 8.81. The van der Waals surface area contributed by atoms with E-state index in [9.17, 15) is 0 Å². The van der Waals surface area contributed by atoms with E-state index in [1.54, 1.807) is 0 Å². The fourth-order valence-corrected chi connectivity index (χ4v) is 0.801. The van der Waals surface area contributed by atoms with Gasteiger partial charge in [0.05, 0.1) is 0 Å². The van der Waals surface area contributed by atoms with Crippen molar-refractivity contribution in [3.8, 4) is 6.07 Å². The smallest absolute Gasteiger partial charge is 0.262 e. The van der Waals surface area contributed by atoms with E-state index < -0.39 is 0 Å². The minimum absolute atomic E-state index is 0. The van der Waals surface area contributed by atoms with Gasteiger partial charge in [0.25, 0.3) is 0 Å². The molecule has 0 bridgehead atoms. The molecule has 0 aliphatic rings. The van der Waals surface area contributed by atoms with E-state index in [0.29, 0.717) is 5.57 Å². The average Bonchev–Trinajstić information content (AvgIpc) is 2.26. The molecule has 15 heavy (non-hydrogen) atoms. The maximum Gasteiger partial charge on any atom is 1.00 e. The summed E-state index contributed by atoms with van der Waals surface area (Å²) in [7, 11) is 0. The molecule has 0 saturated carbocycles. The first-order chi connectivity index (χ1) is 6.74. The number of hydrogen-bond acceptors (Lipinski definition) is 1. The molecule has 78 valence electrons. The van der Waals surface area contributed by atoms with Crippen LogP contribution in [0.25, 0.3) is 0 Å². The molecule has 0 aromatic rings. The Morgan fingerprint density at radius 2 is 2.00 bits per heavy atom. The van der Waals surface area contributed by atoms with Crippen molar-refractivity contribution < 1.29 is 58.2 Å².